The summed E-state index contributed by atoms with van der Waals surface area (Å²) in [4.78, 5) is 0. The van der Waals surface area contributed by atoms with Crippen LogP contribution >= 0.6 is 15.9 Å². The van der Waals surface area contributed by atoms with Gasteiger partial charge in [0.25, 0.3) is 0 Å². The molecule has 1 aliphatic rings. The molecule has 0 heterocycles. The minimum atomic E-state index is -0.524. The van der Waals surface area contributed by atoms with Crippen molar-refractivity contribution in [3.63, 3.8) is 0 Å². The lowest BCUT2D eigenvalue weighted by Crippen LogP contribution is -2.51. The maximum atomic E-state index is 10.1. The van der Waals surface area contributed by atoms with Gasteiger partial charge in [-0.15, -0.1) is 0 Å². The van der Waals surface area contributed by atoms with Gasteiger partial charge in [0.15, 0.2) is 0 Å². The normalized spacial score (nSPS) is 21.4. The predicted molar refractivity (Wildman–Crippen MR) is 59.9 cm³/mol. The van der Waals surface area contributed by atoms with Gasteiger partial charge in [0.1, 0.15) is 0 Å². The molecule has 3 N–H and O–H groups in total. The van der Waals surface area contributed by atoms with Crippen LogP contribution in [0.5, 0.6) is 0 Å². The second-order valence-electron chi connectivity index (χ2n) is 4.04. The third kappa shape index (κ3) is 1.72. The minimum Gasteiger partial charge on any atom is -0.386 e. The van der Waals surface area contributed by atoms with Gasteiger partial charge in [-0.1, -0.05) is 28.1 Å². The van der Waals surface area contributed by atoms with Crippen molar-refractivity contribution in [2.75, 3.05) is 0 Å². The molecule has 0 aliphatic heterocycles. The van der Waals surface area contributed by atoms with E-state index in [1.165, 1.54) is 0 Å². The van der Waals surface area contributed by atoms with Crippen LogP contribution in [-0.4, -0.2) is 10.6 Å². The molecule has 0 saturated heterocycles. The van der Waals surface area contributed by atoms with Gasteiger partial charge in [-0.2, -0.15) is 0 Å². The van der Waals surface area contributed by atoms with Crippen LogP contribution in [0.2, 0.25) is 0 Å². The molecule has 3 heteroatoms. The van der Waals surface area contributed by atoms with Crippen LogP contribution in [0.1, 0.15) is 30.9 Å². The third-order valence-electron chi connectivity index (χ3n) is 3.01. The number of aliphatic hydroxyl groups is 1. The smallest absolute Gasteiger partial charge is 0.0969 e. The number of nitrogens with two attached hydrogens (primary N) is 1. The van der Waals surface area contributed by atoms with Crippen LogP contribution in [-0.2, 0) is 0 Å². The molecular formula is C11H14BrNO. The van der Waals surface area contributed by atoms with Crippen LogP contribution in [0.4, 0.5) is 0 Å². The summed E-state index contributed by atoms with van der Waals surface area (Å²) in [6.45, 7) is 0. The summed E-state index contributed by atoms with van der Waals surface area (Å²) in [7, 11) is 0. The molecule has 1 atom stereocenters. The Bertz CT molecular complexity index is 319. The molecule has 1 saturated carbocycles. The fourth-order valence-electron chi connectivity index (χ4n) is 1.84. The summed E-state index contributed by atoms with van der Waals surface area (Å²) in [6.07, 6.45) is 2.45. The van der Waals surface area contributed by atoms with E-state index in [-0.39, 0.29) is 5.54 Å². The molecule has 1 aromatic rings. The molecule has 0 radical (unpaired) electrons. The largest absolute Gasteiger partial charge is 0.386 e. The second kappa shape index (κ2) is 3.65. The van der Waals surface area contributed by atoms with Gasteiger partial charge in [-0.05, 0) is 37.0 Å². The second-order valence-corrected chi connectivity index (χ2v) is 4.96. The molecule has 1 fully saturated rings. The van der Waals surface area contributed by atoms with Gasteiger partial charge in [-0.25, -0.2) is 0 Å². The van der Waals surface area contributed by atoms with Gasteiger partial charge in [0.05, 0.1) is 6.10 Å². The first kappa shape index (κ1) is 10.1. The summed E-state index contributed by atoms with van der Waals surface area (Å²) in [6, 6.07) is 7.70. The average Bonchev–Trinajstić information content (AvgIpc) is 2.14. The Morgan fingerprint density at radius 1 is 1.29 bits per heavy atom. The van der Waals surface area contributed by atoms with Crippen LogP contribution in [0.3, 0.4) is 0 Å². The van der Waals surface area contributed by atoms with Crippen molar-refractivity contribution in [1.82, 2.24) is 0 Å². The van der Waals surface area contributed by atoms with E-state index in [0.29, 0.717) is 0 Å². The van der Waals surface area contributed by atoms with E-state index in [1.807, 2.05) is 24.3 Å². The summed E-state index contributed by atoms with van der Waals surface area (Å²) in [5, 5.41) is 10.1. The molecule has 2 nitrogen and oxygen atoms in total. The first-order valence-electron chi connectivity index (χ1n) is 4.84. The Kier molecular flexibility index (Phi) is 2.64. The minimum absolute atomic E-state index is 0.381. The first-order chi connectivity index (χ1) is 6.62. The lowest BCUT2D eigenvalue weighted by atomic mass is 9.72. The average molecular weight is 256 g/mol. The van der Waals surface area contributed by atoms with Gasteiger partial charge in [-0.3, -0.25) is 0 Å². The van der Waals surface area contributed by atoms with Gasteiger partial charge in [0.2, 0.25) is 0 Å². The monoisotopic (exact) mass is 255 g/mol. The number of halogens is 1. The van der Waals surface area contributed by atoms with Crippen molar-refractivity contribution in [3.8, 4) is 0 Å². The number of hydrogen-bond donors (Lipinski definition) is 2. The predicted octanol–water partition coefficient (Wildman–Crippen LogP) is 2.36. The molecule has 1 unspecified atom stereocenters. The number of aliphatic hydroxyl groups excluding tert-OH is 1. The van der Waals surface area contributed by atoms with E-state index in [1.54, 1.807) is 0 Å². The lowest BCUT2D eigenvalue weighted by Gasteiger charge is -2.42. The van der Waals surface area contributed by atoms with Crippen molar-refractivity contribution in [3.05, 3.63) is 34.3 Å². The van der Waals surface area contributed by atoms with Crippen molar-refractivity contribution in [1.29, 1.82) is 0 Å². The van der Waals surface area contributed by atoms with E-state index in [4.69, 9.17) is 5.73 Å². The third-order valence-corrected chi connectivity index (χ3v) is 3.54. The van der Waals surface area contributed by atoms with Gasteiger partial charge in [0, 0.05) is 10.0 Å². The highest BCUT2D eigenvalue weighted by Crippen LogP contribution is 2.39. The Morgan fingerprint density at radius 3 is 2.29 bits per heavy atom. The zero-order chi connectivity index (χ0) is 10.2. The van der Waals surface area contributed by atoms with E-state index in [9.17, 15) is 5.11 Å². The molecule has 14 heavy (non-hydrogen) atoms. The highest BCUT2D eigenvalue weighted by Gasteiger charge is 2.40. The molecule has 0 aromatic heterocycles. The molecule has 0 spiro atoms. The number of rotatable bonds is 2. The Morgan fingerprint density at radius 2 is 1.86 bits per heavy atom. The van der Waals surface area contributed by atoms with Crippen molar-refractivity contribution >= 4 is 15.9 Å². The summed E-state index contributed by atoms with van der Waals surface area (Å²) in [5.41, 5.74) is 6.59. The van der Waals surface area contributed by atoms with E-state index in [0.717, 1.165) is 29.3 Å². The topological polar surface area (TPSA) is 46.2 Å². The van der Waals surface area contributed by atoms with E-state index >= 15 is 0 Å². The van der Waals surface area contributed by atoms with E-state index < -0.39 is 6.10 Å². The summed E-state index contributed by atoms with van der Waals surface area (Å²) < 4.78 is 1.02. The van der Waals surface area contributed by atoms with Crippen LogP contribution in [0.15, 0.2) is 28.7 Å². The molecule has 1 aromatic carbocycles. The fourth-order valence-corrected chi connectivity index (χ4v) is 2.10. The number of hydrogen-bond acceptors (Lipinski definition) is 2. The molecule has 76 valence electrons. The van der Waals surface area contributed by atoms with Crippen molar-refractivity contribution < 1.29 is 5.11 Å². The summed E-state index contributed by atoms with van der Waals surface area (Å²) >= 11 is 3.36. The molecule has 1 aliphatic carbocycles. The maximum absolute atomic E-state index is 10.1. The van der Waals surface area contributed by atoms with Crippen molar-refractivity contribution in [2.24, 2.45) is 5.73 Å². The van der Waals surface area contributed by atoms with Crippen LogP contribution in [0, 0.1) is 0 Å². The van der Waals surface area contributed by atoms with Gasteiger partial charge >= 0.3 is 0 Å². The quantitative estimate of drug-likeness (QED) is 0.853. The Labute approximate surface area is 92.3 Å². The Balaban J connectivity index is 2.18. The van der Waals surface area contributed by atoms with Crippen LogP contribution in [0.25, 0.3) is 0 Å². The standard InChI is InChI=1S/C11H14BrNO/c12-9-4-2-8(3-5-9)10(14)11(13)6-1-7-11/h2-5,10,14H,1,6-7,13H2. The summed E-state index contributed by atoms with van der Waals surface area (Å²) in [5.74, 6) is 0. The maximum Gasteiger partial charge on any atom is 0.0969 e. The number of benzene rings is 1. The molecule has 0 amide bonds. The van der Waals surface area contributed by atoms with Crippen LogP contribution < -0.4 is 5.73 Å². The first-order valence-corrected chi connectivity index (χ1v) is 5.63. The molecular weight excluding hydrogens is 242 g/mol. The Hall–Kier alpha value is -0.380. The highest BCUT2D eigenvalue weighted by molar-refractivity contribution is 9.10. The zero-order valence-electron chi connectivity index (χ0n) is 7.91. The molecule has 2 rings (SSSR count). The lowest BCUT2D eigenvalue weighted by molar-refractivity contribution is 0.0337. The van der Waals surface area contributed by atoms with E-state index in [2.05, 4.69) is 15.9 Å². The highest BCUT2D eigenvalue weighted by atomic mass is 79.9. The van der Waals surface area contributed by atoms with Gasteiger partial charge < -0.3 is 10.8 Å². The van der Waals surface area contributed by atoms with Crippen molar-refractivity contribution in [2.45, 2.75) is 30.9 Å². The molecule has 0 bridgehead atoms. The zero-order valence-corrected chi connectivity index (χ0v) is 9.50. The SMILES string of the molecule is NC1(C(O)c2ccc(Br)cc2)CCC1. The fraction of sp³-hybridized carbons (Fsp3) is 0.455.